The van der Waals surface area contributed by atoms with Gasteiger partial charge in [0.15, 0.2) is 0 Å². The number of carbonyl (C=O) groups excluding carboxylic acids is 2. The Morgan fingerprint density at radius 2 is 2.22 bits per heavy atom. The van der Waals surface area contributed by atoms with Crippen molar-refractivity contribution in [3.05, 3.63) is 28.8 Å². The molecule has 0 saturated carbocycles. The fourth-order valence-electron chi connectivity index (χ4n) is 1.25. The van der Waals surface area contributed by atoms with Gasteiger partial charge in [0.1, 0.15) is 17.5 Å². The number of likely N-dealkylation sites (N-methyl/N-ethyl adjacent to an activating group) is 1. The molecule has 0 atom stereocenters. The van der Waals surface area contributed by atoms with Gasteiger partial charge in [-0.25, -0.2) is 9.37 Å². The fraction of sp³-hybridized carbons (Fsp3) is 0.364. The topological polar surface area (TPSA) is 59.5 Å². The maximum Gasteiger partial charge on any atom is 0.325 e. The van der Waals surface area contributed by atoms with Crippen LogP contribution < -0.4 is 0 Å². The molecule has 0 spiro atoms. The first-order valence-electron chi connectivity index (χ1n) is 5.17. The number of esters is 1. The van der Waals surface area contributed by atoms with Gasteiger partial charge in [-0.2, -0.15) is 0 Å². The van der Waals surface area contributed by atoms with Crippen LogP contribution >= 0.6 is 11.6 Å². The normalized spacial score (nSPS) is 10.0. The second-order valence-corrected chi connectivity index (χ2v) is 3.82. The quantitative estimate of drug-likeness (QED) is 0.617. The average Bonchev–Trinajstić information content (AvgIpc) is 2.31. The molecule has 1 amide bonds. The monoisotopic (exact) mass is 274 g/mol. The number of carbonyl (C=O) groups is 2. The van der Waals surface area contributed by atoms with Crippen molar-refractivity contribution in [1.82, 2.24) is 9.88 Å². The second kappa shape index (κ2) is 6.30. The number of rotatable bonds is 4. The van der Waals surface area contributed by atoms with Gasteiger partial charge in [0.05, 0.1) is 18.4 Å². The molecule has 5 nitrogen and oxygen atoms in total. The zero-order chi connectivity index (χ0) is 13.7. The van der Waals surface area contributed by atoms with Crippen LogP contribution in [-0.2, 0) is 9.53 Å². The average molecular weight is 275 g/mol. The lowest BCUT2D eigenvalue weighted by molar-refractivity contribution is -0.143. The van der Waals surface area contributed by atoms with Crippen LogP contribution in [0.3, 0.4) is 0 Å². The smallest absolute Gasteiger partial charge is 0.325 e. The minimum absolute atomic E-state index is 0.0940. The maximum atomic E-state index is 13.0. The minimum atomic E-state index is -0.674. The van der Waals surface area contributed by atoms with E-state index in [0.29, 0.717) is 0 Å². The molecule has 0 N–H and O–H groups in total. The summed E-state index contributed by atoms with van der Waals surface area (Å²) in [5, 5.41) is -0.114. The van der Waals surface area contributed by atoms with Crippen molar-refractivity contribution in [2.75, 3.05) is 20.2 Å². The molecule has 0 aliphatic heterocycles. The molecule has 98 valence electrons. The van der Waals surface area contributed by atoms with E-state index in [9.17, 15) is 14.0 Å². The first-order chi connectivity index (χ1) is 8.45. The van der Waals surface area contributed by atoms with Gasteiger partial charge in [-0.1, -0.05) is 11.6 Å². The SMILES string of the molecule is CCOC(=O)CN(C)C(=O)c1cc(F)cnc1Cl. The van der Waals surface area contributed by atoms with Gasteiger partial charge in [-0.05, 0) is 13.0 Å². The number of hydrogen-bond donors (Lipinski definition) is 0. The number of halogens is 2. The van der Waals surface area contributed by atoms with Gasteiger partial charge in [0, 0.05) is 7.05 Å². The summed E-state index contributed by atoms with van der Waals surface area (Å²) in [6, 6.07) is 0.972. The molecule has 0 radical (unpaired) electrons. The van der Waals surface area contributed by atoms with Crippen LogP contribution in [0.5, 0.6) is 0 Å². The van der Waals surface area contributed by atoms with Crippen LogP contribution in [0.2, 0.25) is 5.15 Å². The minimum Gasteiger partial charge on any atom is -0.465 e. The highest BCUT2D eigenvalue weighted by Crippen LogP contribution is 2.15. The van der Waals surface area contributed by atoms with Gasteiger partial charge in [-0.3, -0.25) is 9.59 Å². The molecule has 0 unspecified atom stereocenters. The van der Waals surface area contributed by atoms with Gasteiger partial charge in [0.25, 0.3) is 5.91 Å². The number of hydrogen-bond acceptors (Lipinski definition) is 4. The molecule has 1 aromatic rings. The van der Waals surface area contributed by atoms with Gasteiger partial charge in [-0.15, -0.1) is 0 Å². The van der Waals surface area contributed by atoms with E-state index in [-0.39, 0.29) is 23.9 Å². The third-order valence-electron chi connectivity index (χ3n) is 2.05. The summed E-state index contributed by atoms with van der Waals surface area (Å²) in [4.78, 5) is 27.7. The number of pyridine rings is 1. The summed E-state index contributed by atoms with van der Waals surface area (Å²) >= 11 is 5.69. The highest BCUT2D eigenvalue weighted by molar-refractivity contribution is 6.32. The molecule has 0 fully saturated rings. The molecule has 0 aliphatic rings. The van der Waals surface area contributed by atoms with Crippen molar-refractivity contribution in [2.45, 2.75) is 6.92 Å². The summed E-state index contributed by atoms with van der Waals surface area (Å²) < 4.78 is 17.7. The Balaban J connectivity index is 2.80. The first kappa shape index (κ1) is 14.4. The lowest BCUT2D eigenvalue weighted by Crippen LogP contribution is -2.33. The van der Waals surface area contributed by atoms with E-state index in [4.69, 9.17) is 16.3 Å². The van der Waals surface area contributed by atoms with Crippen LogP contribution in [0, 0.1) is 5.82 Å². The number of ether oxygens (including phenoxy) is 1. The highest BCUT2D eigenvalue weighted by atomic mass is 35.5. The Labute approximate surface area is 109 Å². The van der Waals surface area contributed by atoms with Crippen molar-refractivity contribution in [2.24, 2.45) is 0 Å². The molecule has 1 aromatic heterocycles. The molecule has 0 saturated heterocycles. The molecule has 0 aliphatic carbocycles. The fourth-order valence-corrected chi connectivity index (χ4v) is 1.43. The summed E-state index contributed by atoms with van der Waals surface area (Å²) in [6.07, 6.45) is 0.907. The van der Waals surface area contributed by atoms with Crippen molar-refractivity contribution in [3.8, 4) is 0 Å². The van der Waals surface area contributed by atoms with Crippen LogP contribution in [-0.4, -0.2) is 42.0 Å². The molecule has 7 heteroatoms. The summed E-state index contributed by atoms with van der Waals surface area (Å²) in [5.74, 6) is -1.82. The van der Waals surface area contributed by atoms with Crippen molar-refractivity contribution < 1.29 is 18.7 Å². The third kappa shape index (κ3) is 3.66. The van der Waals surface area contributed by atoms with E-state index in [1.54, 1.807) is 6.92 Å². The summed E-state index contributed by atoms with van der Waals surface area (Å²) in [5.41, 5.74) is -0.0940. The number of aromatic nitrogens is 1. The lowest BCUT2D eigenvalue weighted by Gasteiger charge is -2.16. The molecule has 0 bridgehead atoms. The van der Waals surface area contributed by atoms with Gasteiger partial charge < -0.3 is 9.64 Å². The van der Waals surface area contributed by atoms with E-state index < -0.39 is 17.7 Å². The third-order valence-corrected chi connectivity index (χ3v) is 2.36. The van der Waals surface area contributed by atoms with Gasteiger partial charge in [0.2, 0.25) is 0 Å². The number of nitrogens with zero attached hydrogens (tertiary/aromatic N) is 2. The van der Waals surface area contributed by atoms with E-state index in [2.05, 4.69) is 4.98 Å². The van der Waals surface area contributed by atoms with Crippen LogP contribution in [0.15, 0.2) is 12.3 Å². The summed E-state index contributed by atoms with van der Waals surface area (Å²) in [7, 11) is 1.39. The van der Waals surface area contributed by atoms with Crippen molar-refractivity contribution in [3.63, 3.8) is 0 Å². The zero-order valence-corrected chi connectivity index (χ0v) is 10.7. The highest BCUT2D eigenvalue weighted by Gasteiger charge is 2.19. The standard InChI is InChI=1S/C11H12ClFN2O3/c1-3-18-9(16)6-15(2)11(17)8-4-7(13)5-14-10(8)12/h4-5H,3,6H2,1-2H3. The van der Waals surface area contributed by atoms with Crippen LogP contribution in [0.1, 0.15) is 17.3 Å². The van der Waals surface area contributed by atoms with Crippen molar-refractivity contribution in [1.29, 1.82) is 0 Å². The predicted molar refractivity (Wildman–Crippen MR) is 62.8 cm³/mol. The Hall–Kier alpha value is -1.69. The first-order valence-corrected chi connectivity index (χ1v) is 5.55. The predicted octanol–water partition coefficient (Wildman–Crippen LogP) is 1.51. The molecule has 1 heterocycles. The molecular weight excluding hydrogens is 263 g/mol. The molecular formula is C11H12ClFN2O3. The maximum absolute atomic E-state index is 13.0. The Morgan fingerprint density at radius 3 is 2.83 bits per heavy atom. The molecule has 0 aromatic carbocycles. The van der Waals surface area contributed by atoms with E-state index in [1.807, 2.05) is 0 Å². The number of amides is 1. The van der Waals surface area contributed by atoms with E-state index in [0.717, 1.165) is 17.2 Å². The Kier molecular flexibility index (Phi) is 5.03. The van der Waals surface area contributed by atoms with E-state index in [1.165, 1.54) is 7.05 Å². The van der Waals surface area contributed by atoms with Crippen LogP contribution in [0.4, 0.5) is 4.39 Å². The second-order valence-electron chi connectivity index (χ2n) is 3.46. The Morgan fingerprint density at radius 1 is 1.56 bits per heavy atom. The zero-order valence-electron chi connectivity index (χ0n) is 9.94. The largest absolute Gasteiger partial charge is 0.465 e. The van der Waals surface area contributed by atoms with Crippen molar-refractivity contribution >= 4 is 23.5 Å². The molecule has 18 heavy (non-hydrogen) atoms. The Bertz CT molecular complexity index is 468. The van der Waals surface area contributed by atoms with Gasteiger partial charge >= 0.3 is 5.97 Å². The lowest BCUT2D eigenvalue weighted by atomic mass is 10.2. The molecule has 1 rings (SSSR count). The summed E-state index contributed by atoms with van der Waals surface area (Å²) in [6.45, 7) is 1.65. The van der Waals surface area contributed by atoms with E-state index >= 15 is 0 Å². The van der Waals surface area contributed by atoms with Crippen LogP contribution in [0.25, 0.3) is 0 Å².